The minimum atomic E-state index is -0.180. The first kappa shape index (κ1) is 11.5. The standard InChI is InChI=1S/C10H19NO3/c1-7(6-13-2)14-10(12)8-4-3-5-9(8)11/h7-9H,3-6,11H2,1-2H3. The van der Waals surface area contributed by atoms with Gasteiger partial charge in [-0.05, 0) is 19.8 Å². The van der Waals surface area contributed by atoms with Crippen molar-refractivity contribution in [1.82, 2.24) is 0 Å². The largest absolute Gasteiger partial charge is 0.460 e. The Morgan fingerprint density at radius 1 is 1.57 bits per heavy atom. The minimum Gasteiger partial charge on any atom is -0.460 e. The van der Waals surface area contributed by atoms with E-state index in [1.807, 2.05) is 6.92 Å². The topological polar surface area (TPSA) is 61.5 Å². The number of esters is 1. The Morgan fingerprint density at radius 2 is 2.29 bits per heavy atom. The zero-order chi connectivity index (χ0) is 10.6. The van der Waals surface area contributed by atoms with Gasteiger partial charge in [0.2, 0.25) is 0 Å². The molecule has 4 nitrogen and oxygen atoms in total. The van der Waals surface area contributed by atoms with E-state index in [2.05, 4.69) is 0 Å². The molecule has 0 bridgehead atoms. The van der Waals surface area contributed by atoms with Crippen molar-refractivity contribution in [2.45, 2.75) is 38.3 Å². The Kier molecular flexibility index (Phi) is 4.35. The van der Waals surface area contributed by atoms with E-state index in [1.165, 1.54) is 0 Å². The number of hydrogen-bond acceptors (Lipinski definition) is 4. The highest BCUT2D eigenvalue weighted by atomic mass is 16.6. The Morgan fingerprint density at radius 3 is 2.79 bits per heavy atom. The lowest BCUT2D eigenvalue weighted by molar-refractivity contribution is -0.155. The third-order valence-corrected chi connectivity index (χ3v) is 2.59. The molecule has 0 spiro atoms. The fourth-order valence-corrected chi connectivity index (χ4v) is 1.84. The van der Waals surface area contributed by atoms with E-state index in [0.29, 0.717) is 6.61 Å². The average Bonchev–Trinajstić information content (AvgIpc) is 2.51. The van der Waals surface area contributed by atoms with Crippen molar-refractivity contribution in [3.8, 4) is 0 Å². The highest BCUT2D eigenvalue weighted by molar-refractivity contribution is 5.73. The van der Waals surface area contributed by atoms with Crippen LogP contribution in [0.5, 0.6) is 0 Å². The number of carbonyl (C=O) groups is 1. The highest BCUT2D eigenvalue weighted by Crippen LogP contribution is 2.25. The third-order valence-electron chi connectivity index (χ3n) is 2.59. The number of rotatable bonds is 4. The monoisotopic (exact) mass is 201 g/mol. The van der Waals surface area contributed by atoms with Crippen LogP contribution in [-0.4, -0.2) is 31.8 Å². The maximum Gasteiger partial charge on any atom is 0.310 e. The quantitative estimate of drug-likeness (QED) is 0.680. The maximum atomic E-state index is 11.6. The van der Waals surface area contributed by atoms with E-state index in [-0.39, 0.29) is 24.0 Å². The maximum absolute atomic E-state index is 11.6. The zero-order valence-electron chi connectivity index (χ0n) is 8.86. The van der Waals surface area contributed by atoms with E-state index >= 15 is 0 Å². The van der Waals surface area contributed by atoms with Crippen molar-refractivity contribution in [2.24, 2.45) is 11.7 Å². The molecule has 82 valence electrons. The summed E-state index contributed by atoms with van der Waals surface area (Å²) in [5.41, 5.74) is 5.80. The molecule has 3 unspecified atom stereocenters. The Bertz CT molecular complexity index is 196. The van der Waals surface area contributed by atoms with E-state index < -0.39 is 0 Å². The van der Waals surface area contributed by atoms with E-state index in [9.17, 15) is 4.79 Å². The molecule has 0 amide bonds. The molecule has 1 aliphatic rings. The Balaban J connectivity index is 2.33. The van der Waals surface area contributed by atoms with Crippen molar-refractivity contribution in [1.29, 1.82) is 0 Å². The van der Waals surface area contributed by atoms with Gasteiger partial charge in [0.05, 0.1) is 12.5 Å². The van der Waals surface area contributed by atoms with E-state index in [0.717, 1.165) is 19.3 Å². The molecule has 0 aliphatic heterocycles. The first-order chi connectivity index (χ1) is 6.65. The lowest BCUT2D eigenvalue weighted by atomic mass is 10.1. The van der Waals surface area contributed by atoms with E-state index in [1.54, 1.807) is 7.11 Å². The van der Waals surface area contributed by atoms with Crippen molar-refractivity contribution in [3.63, 3.8) is 0 Å². The Labute approximate surface area is 84.7 Å². The van der Waals surface area contributed by atoms with Gasteiger partial charge in [0.25, 0.3) is 0 Å². The first-order valence-corrected chi connectivity index (χ1v) is 5.10. The van der Waals surface area contributed by atoms with Crippen LogP contribution in [0.3, 0.4) is 0 Å². The predicted molar refractivity (Wildman–Crippen MR) is 52.7 cm³/mol. The first-order valence-electron chi connectivity index (χ1n) is 5.10. The SMILES string of the molecule is COCC(C)OC(=O)C1CCCC1N. The summed E-state index contributed by atoms with van der Waals surface area (Å²) >= 11 is 0. The van der Waals surface area contributed by atoms with Gasteiger partial charge in [-0.1, -0.05) is 6.42 Å². The molecule has 1 rings (SSSR count). The smallest absolute Gasteiger partial charge is 0.310 e. The number of hydrogen-bond donors (Lipinski definition) is 1. The van der Waals surface area contributed by atoms with Crippen LogP contribution in [0.4, 0.5) is 0 Å². The molecule has 2 N–H and O–H groups in total. The van der Waals surface area contributed by atoms with Crippen LogP contribution in [-0.2, 0) is 14.3 Å². The van der Waals surface area contributed by atoms with Crippen molar-refractivity contribution >= 4 is 5.97 Å². The molecular weight excluding hydrogens is 182 g/mol. The van der Waals surface area contributed by atoms with Crippen LogP contribution >= 0.6 is 0 Å². The van der Waals surface area contributed by atoms with Gasteiger partial charge in [0, 0.05) is 13.2 Å². The second-order valence-corrected chi connectivity index (χ2v) is 3.90. The summed E-state index contributed by atoms with van der Waals surface area (Å²) in [5.74, 6) is -0.270. The van der Waals surface area contributed by atoms with Crippen LogP contribution in [0.25, 0.3) is 0 Å². The lowest BCUT2D eigenvalue weighted by Gasteiger charge is -2.18. The predicted octanol–water partition coefficient (Wildman–Crippen LogP) is 0.692. The van der Waals surface area contributed by atoms with Crippen molar-refractivity contribution in [2.75, 3.05) is 13.7 Å². The average molecular weight is 201 g/mol. The number of carbonyl (C=O) groups excluding carboxylic acids is 1. The van der Waals surface area contributed by atoms with Gasteiger partial charge in [0.15, 0.2) is 0 Å². The van der Waals surface area contributed by atoms with Gasteiger partial charge < -0.3 is 15.2 Å². The molecule has 0 aromatic rings. The minimum absolute atomic E-state index is 0.0164. The molecule has 0 saturated heterocycles. The fraction of sp³-hybridized carbons (Fsp3) is 0.900. The molecular formula is C10H19NO3. The molecule has 3 atom stereocenters. The summed E-state index contributed by atoms with van der Waals surface area (Å²) in [6.45, 7) is 2.26. The van der Waals surface area contributed by atoms with Gasteiger partial charge >= 0.3 is 5.97 Å². The second-order valence-electron chi connectivity index (χ2n) is 3.90. The van der Waals surface area contributed by atoms with Gasteiger partial charge in [-0.3, -0.25) is 4.79 Å². The van der Waals surface area contributed by atoms with Gasteiger partial charge in [-0.2, -0.15) is 0 Å². The van der Waals surface area contributed by atoms with Crippen LogP contribution in [0.15, 0.2) is 0 Å². The lowest BCUT2D eigenvalue weighted by Crippen LogP contribution is -2.34. The summed E-state index contributed by atoms with van der Waals surface area (Å²) in [5, 5.41) is 0. The summed E-state index contributed by atoms with van der Waals surface area (Å²) in [6.07, 6.45) is 2.64. The van der Waals surface area contributed by atoms with Crippen LogP contribution < -0.4 is 5.73 Å². The Hall–Kier alpha value is -0.610. The third kappa shape index (κ3) is 2.96. The second kappa shape index (κ2) is 5.32. The summed E-state index contributed by atoms with van der Waals surface area (Å²) in [4.78, 5) is 11.6. The summed E-state index contributed by atoms with van der Waals surface area (Å²) in [6, 6.07) is -0.0164. The normalized spacial score (nSPS) is 28.8. The molecule has 0 radical (unpaired) electrons. The number of nitrogens with two attached hydrogens (primary N) is 1. The van der Waals surface area contributed by atoms with Crippen LogP contribution in [0.1, 0.15) is 26.2 Å². The van der Waals surface area contributed by atoms with Gasteiger partial charge in [0.1, 0.15) is 6.10 Å². The number of ether oxygens (including phenoxy) is 2. The van der Waals surface area contributed by atoms with Crippen LogP contribution in [0.2, 0.25) is 0 Å². The van der Waals surface area contributed by atoms with Crippen LogP contribution in [0, 0.1) is 5.92 Å². The number of methoxy groups -OCH3 is 1. The fourth-order valence-electron chi connectivity index (χ4n) is 1.84. The highest BCUT2D eigenvalue weighted by Gasteiger charge is 2.32. The molecule has 0 heterocycles. The molecule has 0 aromatic carbocycles. The van der Waals surface area contributed by atoms with Gasteiger partial charge in [-0.25, -0.2) is 0 Å². The van der Waals surface area contributed by atoms with Gasteiger partial charge in [-0.15, -0.1) is 0 Å². The molecule has 0 aromatic heterocycles. The molecule has 4 heteroatoms. The summed E-state index contributed by atoms with van der Waals surface area (Å²) in [7, 11) is 1.59. The van der Waals surface area contributed by atoms with E-state index in [4.69, 9.17) is 15.2 Å². The molecule has 14 heavy (non-hydrogen) atoms. The van der Waals surface area contributed by atoms with Crippen molar-refractivity contribution in [3.05, 3.63) is 0 Å². The molecule has 1 saturated carbocycles. The zero-order valence-corrected chi connectivity index (χ0v) is 8.86. The molecule has 1 fully saturated rings. The molecule has 1 aliphatic carbocycles. The van der Waals surface area contributed by atoms with Crippen molar-refractivity contribution < 1.29 is 14.3 Å². The summed E-state index contributed by atoms with van der Waals surface area (Å²) < 4.78 is 10.1.